The number of carbonyl (C=O) groups is 5. The molecular formula is C29H24Br2N2O6. The van der Waals surface area contributed by atoms with E-state index in [4.69, 9.17) is 4.74 Å². The van der Waals surface area contributed by atoms with Crippen molar-refractivity contribution in [3.63, 3.8) is 0 Å². The van der Waals surface area contributed by atoms with Gasteiger partial charge in [-0.2, -0.15) is 0 Å². The molecule has 2 saturated heterocycles. The van der Waals surface area contributed by atoms with Crippen LogP contribution in [0.4, 0.5) is 11.4 Å². The summed E-state index contributed by atoms with van der Waals surface area (Å²) < 4.78 is 6.54. The van der Waals surface area contributed by atoms with Crippen LogP contribution >= 0.6 is 31.9 Å². The van der Waals surface area contributed by atoms with Crippen molar-refractivity contribution in [2.45, 2.75) is 20.8 Å². The van der Waals surface area contributed by atoms with Crippen molar-refractivity contribution in [3.8, 4) is 0 Å². The maximum absolute atomic E-state index is 14.2. The lowest BCUT2D eigenvalue weighted by Crippen LogP contribution is -2.61. The number of halogens is 2. The average Bonchev–Trinajstić information content (AvgIpc) is 3.31. The highest BCUT2D eigenvalue weighted by Crippen LogP contribution is 2.69. The number of nitrogens with zero attached hydrogens (tertiary/aromatic N) is 2. The number of carbonyl (C=O) groups excluding carboxylic acids is 5. The van der Waals surface area contributed by atoms with E-state index in [-0.39, 0.29) is 12.2 Å². The molecule has 2 aromatic rings. The Bertz CT molecular complexity index is 1440. The SMILES string of the molecule is CCOC(=O)C1=C(C)C2[C@@H]3C(=O)N(c4ccccc4Br)C(=O)[C@H]3C1(C)[C@H]1C(=O)N(c3ccccc3Br)C(=O)[C@@H]21. The summed E-state index contributed by atoms with van der Waals surface area (Å²) in [6.07, 6.45) is 0. The molecule has 3 fully saturated rings. The van der Waals surface area contributed by atoms with E-state index in [1.807, 2.05) is 0 Å². The molecule has 4 amide bonds. The number of benzene rings is 2. The monoisotopic (exact) mass is 654 g/mol. The van der Waals surface area contributed by atoms with E-state index in [0.717, 1.165) is 9.80 Å². The summed E-state index contributed by atoms with van der Waals surface area (Å²) in [5.74, 6) is -7.11. The van der Waals surface area contributed by atoms with E-state index >= 15 is 0 Å². The largest absolute Gasteiger partial charge is 0.463 e. The van der Waals surface area contributed by atoms with E-state index in [2.05, 4.69) is 31.9 Å². The summed E-state index contributed by atoms with van der Waals surface area (Å²) in [7, 11) is 0. The number of imide groups is 2. The highest BCUT2D eigenvalue weighted by molar-refractivity contribution is 9.11. The number of hydrogen-bond donors (Lipinski definition) is 0. The predicted octanol–water partition coefficient (Wildman–Crippen LogP) is 4.65. The van der Waals surface area contributed by atoms with Crippen LogP contribution in [0.5, 0.6) is 0 Å². The molecule has 3 aliphatic carbocycles. The molecule has 39 heavy (non-hydrogen) atoms. The van der Waals surface area contributed by atoms with Crippen LogP contribution in [0.3, 0.4) is 0 Å². The second-order valence-electron chi connectivity index (χ2n) is 10.5. The maximum atomic E-state index is 14.2. The predicted molar refractivity (Wildman–Crippen MR) is 148 cm³/mol. The van der Waals surface area contributed by atoms with Crippen LogP contribution in [0.15, 0.2) is 68.6 Å². The average molecular weight is 656 g/mol. The smallest absolute Gasteiger partial charge is 0.334 e. The van der Waals surface area contributed by atoms with Crippen molar-refractivity contribution in [2.24, 2.45) is 35.0 Å². The second kappa shape index (κ2) is 8.96. The van der Waals surface area contributed by atoms with Gasteiger partial charge < -0.3 is 4.74 Å². The number of allylic oxidation sites excluding steroid dienone is 1. The summed E-state index contributed by atoms with van der Waals surface area (Å²) in [4.78, 5) is 72.3. The van der Waals surface area contributed by atoms with Gasteiger partial charge in [0.15, 0.2) is 0 Å². The third kappa shape index (κ3) is 3.24. The zero-order chi connectivity index (χ0) is 28.0. The van der Waals surface area contributed by atoms with Crippen molar-refractivity contribution in [1.29, 1.82) is 0 Å². The molecule has 0 radical (unpaired) electrons. The van der Waals surface area contributed by atoms with Crippen LogP contribution in [0, 0.1) is 35.0 Å². The van der Waals surface area contributed by atoms with Gasteiger partial charge in [0.05, 0.1) is 41.7 Å². The summed E-state index contributed by atoms with van der Waals surface area (Å²) in [5.41, 5.74) is 0.0907. The minimum absolute atomic E-state index is 0.102. The van der Waals surface area contributed by atoms with Gasteiger partial charge in [0.1, 0.15) is 0 Å². The number of para-hydroxylation sites is 2. The summed E-state index contributed by atoms with van der Waals surface area (Å²) in [5, 5.41) is 0. The van der Waals surface area contributed by atoms with E-state index in [1.165, 1.54) is 0 Å². The molecule has 10 heteroatoms. The Balaban J connectivity index is 1.57. The van der Waals surface area contributed by atoms with E-state index < -0.39 is 64.6 Å². The second-order valence-corrected chi connectivity index (χ2v) is 12.2. The molecule has 5 aliphatic rings. The van der Waals surface area contributed by atoms with Crippen molar-refractivity contribution < 1.29 is 28.7 Å². The molecule has 0 aromatic heterocycles. The van der Waals surface area contributed by atoms with Gasteiger partial charge in [-0.1, -0.05) is 36.8 Å². The standard InChI is InChI=1S/C29H24Br2N2O6/c1-4-39-28(38)21-13(2)18-19-22(26(36)32(24(19)34)16-11-7-5-9-14(16)30)29(21,3)23-20(18)25(35)33(27(23)37)17-12-8-6-10-15(17)31/h5-12,18-20,22-23H,4H2,1-3H3/t18?,19-,20-,22-,23+,29?/m0/s1. The third-order valence-corrected chi connectivity index (χ3v) is 10.2. The number of ether oxygens (including phenoxy) is 1. The van der Waals surface area contributed by atoms with Crippen molar-refractivity contribution in [1.82, 2.24) is 0 Å². The van der Waals surface area contributed by atoms with Crippen molar-refractivity contribution >= 4 is 72.8 Å². The van der Waals surface area contributed by atoms with Gasteiger partial charge in [0.25, 0.3) is 0 Å². The third-order valence-electron chi connectivity index (χ3n) is 8.87. The molecule has 0 spiro atoms. The van der Waals surface area contributed by atoms with Gasteiger partial charge in [-0.25, -0.2) is 14.6 Å². The quantitative estimate of drug-likeness (QED) is 0.351. The Morgan fingerprint density at radius 2 is 1.23 bits per heavy atom. The van der Waals surface area contributed by atoms with Crippen molar-refractivity contribution in [2.75, 3.05) is 16.4 Å². The molecule has 6 atom stereocenters. The van der Waals surface area contributed by atoms with Crippen molar-refractivity contribution in [3.05, 3.63) is 68.6 Å². The zero-order valence-electron chi connectivity index (χ0n) is 21.3. The first kappa shape index (κ1) is 26.1. The van der Waals surface area contributed by atoms with Crippen LogP contribution < -0.4 is 9.80 Å². The summed E-state index contributed by atoms with van der Waals surface area (Å²) in [6.45, 7) is 5.18. The molecule has 200 valence electrons. The molecule has 2 aliphatic heterocycles. The van der Waals surface area contributed by atoms with Crippen LogP contribution in [-0.2, 0) is 28.7 Å². The summed E-state index contributed by atoms with van der Waals surface area (Å²) >= 11 is 6.89. The Labute approximate surface area is 241 Å². The first-order chi connectivity index (χ1) is 18.6. The normalized spacial score (nSPS) is 31.3. The van der Waals surface area contributed by atoms with Gasteiger partial charge in [-0.15, -0.1) is 0 Å². The minimum atomic E-state index is -1.44. The number of esters is 1. The van der Waals surface area contributed by atoms with E-state index in [0.29, 0.717) is 25.9 Å². The Kier molecular flexibility index (Phi) is 6.00. The van der Waals surface area contributed by atoms with Crippen LogP contribution in [0.25, 0.3) is 0 Å². The molecule has 7 rings (SSSR count). The number of hydrogen-bond acceptors (Lipinski definition) is 6. The van der Waals surface area contributed by atoms with E-state index in [1.54, 1.807) is 69.3 Å². The number of rotatable bonds is 4. The lowest BCUT2D eigenvalue weighted by Gasteiger charge is -2.55. The van der Waals surface area contributed by atoms with Gasteiger partial charge in [-0.05, 0) is 70.0 Å². The van der Waals surface area contributed by atoms with Crippen LogP contribution in [0.1, 0.15) is 20.8 Å². The lowest BCUT2D eigenvalue weighted by atomic mass is 9.43. The fourth-order valence-electron chi connectivity index (χ4n) is 7.55. The Morgan fingerprint density at radius 3 is 1.64 bits per heavy atom. The highest BCUT2D eigenvalue weighted by Gasteiger charge is 2.77. The van der Waals surface area contributed by atoms with Crippen LogP contribution in [-0.4, -0.2) is 36.2 Å². The fraction of sp³-hybridized carbons (Fsp3) is 0.345. The number of amides is 4. The fourth-order valence-corrected chi connectivity index (χ4v) is 8.47. The lowest BCUT2D eigenvalue weighted by molar-refractivity contribution is -0.155. The molecule has 2 heterocycles. The molecule has 1 saturated carbocycles. The molecule has 2 bridgehead atoms. The zero-order valence-corrected chi connectivity index (χ0v) is 24.5. The Hall–Kier alpha value is -3.11. The maximum Gasteiger partial charge on any atom is 0.334 e. The molecule has 2 aromatic carbocycles. The molecule has 0 N–H and O–H groups in total. The minimum Gasteiger partial charge on any atom is -0.463 e. The first-order valence-electron chi connectivity index (χ1n) is 12.7. The highest BCUT2D eigenvalue weighted by atomic mass is 79.9. The molecule has 8 nitrogen and oxygen atoms in total. The van der Waals surface area contributed by atoms with E-state index in [9.17, 15) is 24.0 Å². The van der Waals surface area contributed by atoms with Crippen LogP contribution in [0.2, 0.25) is 0 Å². The first-order valence-corrected chi connectivity index (χ1v) is 14.3. The van der Waals surface area contributed by atoms with Gasteiger partial charge in [-0.3, -0.25) is 19.2 Å². The number of anilines is 2. The molecular weight excluding hydrogens is 632 g/mol. The molecule has 2 unspecified atom stereocenters. The van der Waals surface area contributed by atoms with Gasteiger partial charge in [0, 0.05) is 25.9 Å². The Morgan fingerprint density at radius 1 is 0.795 bits per heavy atom. The van der Waals surface area contributed by atoms with Gasteiger partial charge in [0.2, 0.25) is 23.6 Å². The van der Waals surface area contributed by atoms with Gasteiger partial charge >= 0.3 is 5.97 Å². The summed E-state index contributed by atoms with van der Waals surface area (Å²) in [6, 6.07) is 13.8. The topological polar surface area (TPSA) is 101 Å².